The lowest BCUT2D eigenvalue weighted by Gasteiger charge is -2.18. The lowest BCUT2D eigenvalue weighted by molar-refractivity contribution is -0.145. The van der Waals surface area contributed by atoms with Gasteiger partial charge in [0.15, 0.2) is 12.4 Å². The number of amides is 2. The second-order valence-corrected chi connectivity index (χ2v) is 6.86. The third kappa shape index (κ3) is 6.77. The van der Waals surface area contributed by atoms with Crippen molar-refractivity contribution in [1.82, 2.24) is 5.32 Å². The van der Waals surface area contributed by atoms with E-state index in [9.17, 15) is 19.2 Å². The maximum absolute atomic E-state index is 12.1. The van der Waals surface area contributed by atoms with Crippen molar-refractivity contribution < 1.29 is 33.1 Å². The molecule has 0 fully saturated rings. The van der Waals surface area contributed by atoms with E-state index in [1.807, 2.05) is 13.8 Å². The van der Waals surface area contributed by atoms with Crippen LogP contribution >= 0.6 is 0 Å². The molecule has 0 radical (unpaired) electrons. The van der Waals surface area contributed by atoms with Crippen LogP contribution < -0.4 is 10.6 Å². The smallest absolute Gasteiger partial charge is 0.338 e. The summed E-state index contributed by atoms with van der Waals surface area (Å²) < 4.78 is 14.7. The van der Waals surface area contributed by atoms with E-state index < -0.39 is 36.4 Å². The number of furan rings is 1. The van der Waals surface area contributed by atoms with Crippen molar-refractivity contribution in [2.45, 2.75) is 26.3 Å². The molecule has 0 spiro atoms. The van der Waals surface area contributed by atoms with Gasteiger partial charge in [0.2, 0.25) is 0 Å². The number of nitrogens with one attached hydrogen (secondary N) is 2. The van der Waals surface area contributed by atoms with Crippen LogP contribution in [0.1, 0.15) is 41.2 Å². The maximum Gasteiger partial charge on any atom is 0.338 e. The number of hydrogen-bond acceptors (Lipinski definition) is 7. The molecule has 2 rings (SSSR count). The standard InChI is InChI=1S/C21H24N2O7/c1-13(2)11-16(21(27)28-3)23-18(24)12-30-20(26)14-6-8-15(9-7-14)22-19(25)17-5-4-10-29-17/h4-10,13,16H,11-12H2,1-3H3,(H,22,25)(H,23,24)/t16-/m1/s1. The summed E-state index contributed by atoms with van der Waals surface area (Å²) in [6, 6.07) is 8.26. The Bertz CT molecular complexity index is 873. The van der Waals surface area contributed by atoms with Crippen LogP contribution in [0.2, 0.25) is 0 Å². The molecule has 9 nitrogen and oxygen atoms in total. The zero-order valence-corrected chi connectivity index (χ0v) is 17.0. The fourth-order valence-electron chi connectivity index (χ4n) is 2.57. The van der Waals surface area contributed by atoms with Crippen LogP contribution in [0.15, 0.2) is 47.1 Å². The van der Waals surface area contributed by atoms with Crippen molar-refractivity contribution in [1.29, 1.82) is 0 Å². The summed E-state index contributed by atoms with van der Waals surface area (Å²) in [5.74, 6) is -1.99. The number of carbonyl (C=O) groups is 4. The highest BCUT2D eigenvalue weighted by Gasteiger charge is 2.23. The Labute approximate surface area is 173 Å². The molecule has 0 bridgehead atoms. The first-order valence-corrected chi connectivity index (χ1v) is 9.29. The summed E-state index contributed by atoms with van der Waals surface area (Å²) >= 11 is 0. The Morgan fingerprint density at radius 2 is 1.77 bits per heavy atom. The summed E-state index contributed by atoms with van der Waals surface area (Å²) in [5.41, 5.74) is 0.658. The van der Waals surface area contributed by atoms with Gasteiger partial charge in [-0.2, -0.15) is 0 Å². The predicted octanol–water partition coefficient (Wildman–Crippen LogP) is 2.39. The molecule has 0 unspecified atom stereocenters. The van der Waals surface area contributed by atoms with Crippen LogP contribution in [0.4, 0.5) is 5.69 Å². The van der Waals surface area contributed by atoms with Crippen molar-refractivity contribution in [3.05, 3.63) is 54.0 Å². The Kier molecular flexibility index (Phi) is 8.16. The van der Waals surface area contributed by atoms with E-state index in [1.165, 1.54) is 43.7 Å². The van der Waals surface area contributed by atoms with E-state index in [4.69, 9.17) is 9.15 Å². The average molecular weight is 416 g/mol. The normalized spacial score (nSPS) is 11.5. The van der Waals surface area contributed by atoms with Crippen LogP contribution in [0.25, 0.3) is 0 Å². The molecule has 0 saturated heterocycles. The van der Waals surface area contributed by atoms with Gasteiger partial charge in [-0.05, 0) is 48.7 Å². The minimum atomic E-state index is -0.807. The van der Waals surface area contributed by atoms with Crippen LogP contribution in [0, 0.1) is 5.92 Å². The van der Waals surface area contributed by atoms with Gasteiger partial charge in [0.25, 0.3) is 11.8 Å². The number of hydrogen-bond donors (Lipinski definition) is 2. The molecule has 160 valence electrons. The summed E-state index contributed by atoms with van der Waals surface area (Å²) in [6.45, 7) is 3.27. The molecule has 0 aliphatic carbocycles. The summed E-state index contributed by atoms with van der Waals surface area (Å²) in [7, 11) is 1.24. The zero-order valence-electron chi connectivity index (χ0n) is 17.0. The third-order valence-electron chi connectivity index (χ3n) is 3.99. The van der Waals surface area contributed by atoms with Gasteiger partial charge in [-0.25, -0.2) is 9.59 Å². The number of ether oxygens (including phenoxy) is 2. The molecule has 1 heterocycles. The first kappa shape index (κ1) is 22.7. The van der Waals surface area contributed by atoms with Crippen molar-refractivity contribution in [2.75, 3.05) is 19.0 Å². The Morgan fingerprint density at radius 1 is 1.07 bits per heavy atom. The topological polar surface area (TPSA) is 124 Å². The van der Waals surface area contributed by atoms with E-state index in [-0.39, 0.29) is 17.2 Å². The van der Waals surface area contributed by atoms with Gasteiger partial charge in [0, 0.05) is 5.69 Å². The highest BCUT2D eigenvalue weighted by atomic mass is 16.5. The Morgan fingerprint density at radius 3 is 2.33 bits per heavy atom. The van der Waals surface area contributed by atoms with Crippen molar-refractivity contribution in [3.8, 4) is 0 Å². The summed E-state index contributed by atoms with van der Waals surface area (Å²) in [6.07, 6.45) is 1.79. The van der Waals surface area contributed by atoms with E-state index in [2.05, 4.69) is 15.4 Å². The van der Waals surface area contributed by atoms with Gasteiger partial charge in [-0.1, -0.05) is 13.8 Å². The van der Waals surface area contributed by atoms with E-state index in [1.54, 1.807) is 6.07 Å². The quantitative estimate of drug-likeness (QED) is 0.602. The molecule has 2 N–H and O–H groups in total. The lowest BCUT2D eigenvalue weighted by atomic mass is 10.0. The molecule has 0 saturated carbocycles. The van der Waals surface area contributed by atoms with Gasteiger partial charge in [-0.15, -0.1) is 0 Å². The third-order valence-corrected chi connectivity index (χ3v) is 3.99. The lowest BCUT2D eigenvalue weighted by Crippen LogP contribution is -2.44. The first-order chi connectivity index (χ1) is 14.3. The monoisotopic (exact) mass is 416 g/mol. The molecule has 1 atom stereocenters. The summed E-state index contributed by atoms with van der Waals surface area (Å²) in [4.78, 5) is 47.8. The van der Waals surface area contributed by atoms with Gasteiger partial charge in [0.05, 0.1) is 18.9 Å². The highest BCUT2D eigenvalue weighted by molar-refractivity contribution is 6.02. The van der Waals surface area contributed by atoms with Crippen LogP contribution in [-0.4, -0.2) is 43.5 Å². The molecule has 30 heavy (non-hydrogen) atoms. The van der Waals surface area contributed by atoms with Crippen LogP contribution in [0.5, 0.6) is 0 Å². The van der Waals surface area contributed by atoms with E-state index >= 15 is 0 Å². The molecular formula is C21H24N2O7. The molecule has 9 heteroatoms. The molecule has 0 aliphatic rings. The van der Waals surface area contributed by atoms with Gasteiger partial charge in [-0.3, -0.25) is 9.59 Å². The molecule has 2 aromatic rings. The van der Waals surface area contributed by atoms with Crippen molar-refractivity contribution in [3.63, 3.8) is 0 Å². The second kappa shape index (κ2) is 10.8. The molecule has 1 aromatic heterocycles. The number of benzene rings is 1. The average Bonchev–Trinajstić information content (AvgIpc) is 3.26. The fraction of sp³-hybridized carbons (Fsp3) is 0.333. The van der Waals surface area contributed by atoms with Gasteiger partial charge >= 0.3 is 11.9 Å². The van der Waals surface area contributed by atoms with E-state index in [0.717, 1.165) is 0 Å². The highest BCUT2D eigenvalue weighted by Crippen LogP contribution is 2.13. The number of carbonyl (C=O) groups excluding carboxylic acids is 4. The Hall–Kier alpha value is -3.62. The summed E-state index contributed by atoms with van der Waals surface area (Å²) in [5, 5.41) is 5.12. The van der Waals surface area contributed by atoms with Crippen LogP contribution in [-0.2, 0) is 19.1 Å². The molecule has 0 aliphatic heterocycles. The minimum Gasteiger partial charge on any atom is -0.467 e. The second-order valence-electron chi connectivity index (χ2n) is 6.86. The van der Waals surface area contributed by atoms with Crippen molar-refractivity contribution in [2.24, 2.45) is 5.92 Å². The van der Waals surface area contributed by atoms with Crippen LogP contribution in [0.3, 0.4) is 0 Å². The molecule has 1 aromatic carbocycles. The van der Waals surface area contributed by atoms with Crippen molar-refractivity contribution >= 4 is 29.4 Å². The maximum atomic E-state index is 12.1. The van der Waals surface area contributed by atoms with E-state index in [0.29, 0.717) is 12.1 Å². The molecular weight excluding hydrogens is 392 g/mol. The SMILES string of the molecule is COC(=O)[C@@H](CC(C)C)NC(=O)COC(=O)c1ccc(NC(=O)c2ccco2)cc1. The van der Waals surface area contributed by atoms with Gasteiger partial charge in [0.1, 0.15) is 6.04 Å². The number of methoxy groups -OCH3 is 1. The number of rotatable bonds is 9. The Balaban J connectivity index is 1.85. The number of esters is 2. The molecule has 2 amide bonds. The first-order valence-electron chi connectivity index (χ1n) is 9.29. The zero-order chi connectivity index (χ0) is 22.1. The fourth-order valence-corrected chi connectivity index (χ4v) is 2.57. The number of anilines is 1. The predicted molar refractivity (Wildman–Crippen MR) is 107 cm³/mol. The van der Waals surface area contributed by atoms with Gasteiger partial charge < -0.3 is 24.5 Å². The minimum absolute atomic E-state index is 0.156. The largest absolute Gasteiger partial charge is 0.467 e.